The number of aliphatic hydroxyl groups excluding tert-OH is 1. The molecule has 2 fully saturated rings. The molecule has 0 aromatic heterocycles. The lowest BCUT2D eigenvalue weighted by molar-refractivity contribution is -0.0192. The van der Waals surface area contributed by atoms with Gasteiger partial charge in [-0.3, -0.25) is 0 Å². The minimum atomic E-state index is 0.118. The van der Waals surface area contributed by atoms with Gasteiger partial charge in [-0.2, -0.15) is 0 Å². The maximum absolute atomic E-state index is 9.44. The molecule has 0 saturated heterocycles. The number of hydrogen-bond donors (Lipinski definition) is 1. The van der Waals surface area contributed by atoms with Crippen LogP contribution < -0.4 is 0 Å². The molecule has 14 heavy (non-hydrogen) atoms. The highest BCUT2D eigenvalue weighted by Crippen LogP contribution is 2.37. The Balaban J connectivity index is 1.71. The summed E-state index contributed by atoms with van der Waals surface area (Å²) in [5.74, 6) is 0.842. The van der Waals surface area contributed by atoms with Crippen molar-refractivity contribution in [2.24, 2.45) is 11.3 Å². The van der Waals surface area contributed by atoms with E-state index in [1.165, 1.54) is 32.1 Å². The molecule has 82 valence electrons. The average Bonchev–Trinajstić information content (AvgIpc) is 3.03. The van der Waals surface area contributed by atoms with Crippen molar-refractivity contribution >= 4 is 0 Å². The lowest BCUT2D eigenvalue weighted by atomic mass is 9.75. The molecule has 2 aliphatic carbocycles. The van der Waals surface area contributed by atoms with E-state index in [0.29, 0.717) is 6.61 Å². The van der Waals surface area contributed by atoms with Crippen LogP contribution in [0, 0.1) is 11.3 Å². The van der Waals surface area contributed by atoms with Gasteiger partial charge in [0.15, 0.2) is 0 Å². The van der Waals surface area contributed by atoms with Crippen LogP contribution in [0.25, 0.3) is 0 Å². The highest BCUT2D eigenvalue weighted by atomic mass is 16.5. The largest absolute Gasteiger partial charge is 0.396 e. The summed E-state index contributed by atoms with van der Waals surface area (Å²) in [7, 11) is 0. The van der Waals surface area contributed by atoms with Gasteiger partial charge >= 0.3 is 0 Å². The highest BCUT2D eigenvalue weighted by molar-refractivity contribution is 4.82. The fourth-order valence-electron chi connectivity index (χ4n) is 2.38. The molecule has 0 amide bonds. The Labute approximate surface area is 86.6 Å². The third-order valence-electron chi connectivity index (χ3n) is 3.71. The van der Waals surface area contributed by atoms with Gasteiger partial charge in [-0.25, -0.2) is 0 Å². The van der Waals surface area contributed by atoms with Crippen molar-refractivity contribution in [3.05, 3.63) is 0 Å². The smallest absolute Gasteiger partial charge is 0.0544 e. The van der Waals surface area contributed by atoms with Gasteiger partial charge in [0.1, 0.15) is 0 Å². The molecule has 0 bridgehead atoms. The first-order valence-electron chi connectivity index (χ1n) is 6.03. The summed E-state index contributed by atoms with van der Waals surface area (Å²) in [5.41, 5.74) is 0.118. The first-order valence-corrected chi connectivity index (χ1v) is 6.03. The van der Waals surface area contributed by atoms with E-state index < -0.39 is 0 Å². The second-order valence-electron chi connectivity index (χ2n) is 5.18. The standard InChI is InChI=1S/C12H22O2/c13-9-12(6-2-1-3-7-12)10-14-8-11-4-5-11/h11,13H,1-10H2. The van der Waals surface area contributed by atoms with Crippen LogP contribution in [0.5, 0.6) is 0 Å². The minimum Gasteiger partial charge on any atom is -0.396 e. The Morgan fingerprint density at radius 3 is 2.43 bits per heavy atom. The number of hydrogen-bond acceptors (Lipinski definition) is 2. The van der Waals surface area contributed by atoms with Crippen LogP contribution in [-0.2, 0) is 4.74 Å². The zero-order chi connectivity index (χ0) is 9.86. The zero-order valence-electron chi connectivity index (χ0n) is 9.00. The van der Waals surface area contributed by atoms with Crippen molar-refractivity contribution < 1.29 is 9.84 Å². The molecule has 0 radical (unpaired) electrons. The van der Waals surface area contributed by atoms with Gasteiger partial charge in [0.25, 0.3) is 0 Å². The van der Waals surface area contributed by atoms with Crippen molar-refractivity contribution in [2.45, 2.75) is 44.9 Å². The summed E-state index contributed by atoms with van der Waals surface area (Å²) in [6, 6.07) is 0. The Bertz CT molecular complexity index is 169. The molecule has 0 aliphatic heterocycles. The maximum atomic E-state index is 9.44. The molecule has 0 aromatic carbocycles. The molecule has 2 rings (SSSR count). The maximum Gasteiger partial charge on any atom is 0.0544 e. The van der Waals surface area contributed by atoms with E-state index >= 15 is 0 Å². The molecule has 2 aliphatic rings. The summed E-state index contributed by atoms with van der Waals surface area (Å²) in [5, 5.41) is 9.44. The van der Waals surface area contributed by atoms with Gasteiger partial charge in [0, 0.05) is 12.0 Å². The number of ether oxygens (including phenoxy) is 1. The van der Waals surface area contributed by atoms with Gasteiger partial charge in [-0.1, -0.05) is 19.3 Å². The molecule has 2 saturated carbocycles. The SMILES string of the molecule is OCC1(COCC2CC2)CCCCC1. The van der Waals surface area contributed by atoms with Crippen molar-refractivity contribution in [1.29, 1.82) is 0 Å². The molecular weight excluding hydrogens is 176 g/mol. The van der Waals surface area contributed by atoms with Crippen LogP contribution in [0.4, 0.5) is 0 Å². The van der Waals surface area contributed by atoms with Crippen LogP contribution in [0.2, 0.25) is 0 Å². The van der Waals surface area contributed by atoms with Gasteiger partial charge in [-0.15, -0.1) is 0 Å². The van der Waals surface area contributed by atoms with Crippen LogP contribution in [0.1, 0.15) is 44.9 Å². The van der Waals surface area contributed by atoms with E-state index in [-0.39, 0.29) is 5.41 Å². The second kappa shape index (κ2) is 4.63. The molecule has 0 atom stereocenters. The minimum absolute atomic E-state index is 0.118. The van der Waals surface area contributed by atoms with Crippen molar-refractivity contribution in [3.63, 3.8) is 0 Å². The van der Waals surface area contributed by atoms with E-state index in [4.69, 9.17) is 4.74 Å². The summed E-state index contributed by atoms with van der Waals surface area (Å²) in [6.07, 6.45) is 8.91. The van der Waals surface area contributed by atoms with Gasteiger partial charge < -0.3 is 9.84 Å². The summed E-state index contributed by atoms with van der Waals surface area (Å²) in [4.78, 5) is 0. The molecule has 0 aromatic rings. The van der Waals surface area contributed by atoms with Gasteiger partial charge in [0.05, 0.1) is 13.2 Å². The predicted octanol–water partition coefficient (Wildman–Crippen LogP) is 2.36. The molecule has 2 nitrogen and oxygen atoms in total. The molecule has 2 heteroatoms. The summed E-state index contributed by atoms with van der Waals surface area (Å²) < 4.78 is 5.73. The van der Waals surface area contributed by atoms with Crippen molar-refractivity contribution in [2.75, 3.05) is 19.8 Å². The lowest BCUT2D eigenvalue weighted by Crippen LogP contribution is -2.33. The van der Waals surface area contributed by atoms with E-state index in [2.05, 4.69) is 0 Å². The van der Waals surface area contributed by atoms with Gasteiger partial charge in [-0.05, 0) is 31.6 Å². The number of rotatable bonds is 5. The Kier molecular flexibility index (Phi) is 3.45. The Morgan fingerprint density at radius 1 is 1.14 bits per heavy atom. The fraction of sp³-hybridized carbons (Fsp3) is 1.00. The highest BCUT2D eigenvalue weighted by Gasteiger charge is 2.32. The van der Waals surface area contributed by atoms with E-state index in [1.807, 2.05) is 0 Å². The molecule has 1 N–H and O–H groups in total. The van der Waals surface area contributed by atoms with Crippen LogP contribution in [0.3, 0.4) is 0 Å². The zero-order valence-corrected chi connectivity index (χ0v) is 9.00. The topological polar surface area (TPSA) is 29.5 Å². The first-order chi connectivity index (χ1) is 6.85. The molecule has 0 heterocycles. The third kappa shape index (κ3) is 2.71. The van der Waals surface area contributed by atoms with Crippen molar-refractivity contribution in [1.82, 2.24) is 0 Å². The summed E-state index contributed by atoms with van der Waals surface area (Å²) >= 11 is 0. The van der Waals surface area contributed by atoms with E-state index in [0.717, 1.165) is 32.0 Å². The van der Waals surface area contributed by atoms with Crippen LogP contribution in [-0.4, -0.2) is 24.9 Å². The van der Waals surface area contributed by atoms with Crippen molar-refractivity contribution in [3.8, 4) is 0 Å². The van der Waals surface area contributed by atoms with Crippen LogP contribution >= 0.6 is 0 Å². The van der Waals surface area contributed by atoms with E-state index in [9.17, 15) is 5.11 Å². The normalized spacial score (nSPS) is 26.4. The molecule has 0 unspecified atom stereocenters. The second-order valence-corrected chi connectivity index (χ2v) is 5.18. The van der Waals surface area contributed by atoms with Crippen LogP contribution in [0.15, 0.2) is 0 Å². The first kappa shape index (κ1) is 10.4. The fourth-order valence-corrected chi connectivity index (χ4v) is 2.38. The predicted molar refractivity (Wildman–Crippen MR) is 56.1 cm³/mol. The number of aliphatic hydroxyl groups is 1. The Morgan fingerprint density at radius 2 is 1.86 bits per heavy atom. The lowest BCUT2D eigenvalue weighted by Gasteiger charge is -2.35. The third-order valence-corrected chi connectivity index (χ3v) is 3.71. The monoisotopic (exact) mass is 198 g/mol. The molecular formula is C12H22O2. The average molecular weight is 198 g/mol. The molecule has 0 spiro atoms. The van der Waals surface area contributed by atoms with Gasteiger partial charge in [0.2, 0.25) is 0 Å². The quantitative estimate of drug-likeness (QED) is 0.735. The summed E-state index contributed by atoms with van der Waals surface area (Å²) in [6.45, 7) is 2.04. The Hall–Kier alpha value is -0.0800. The van der Waals surface area contributed by atoms with E-state index in [1.54, 1.807) is 0 Å².